The Morgan fingerprint density at radius 2 is 2.13 bits per heavy atom. The maximum Gasteiger partial charge on any atom is 0.335 e. The minimum absolute atomic E-state index is 0.0534. The minimum atomic E-state index is -4.00. The molecule has 0 amide bonds. The van der Waals surface area contributed by atoms with E-state index in [1.807, 2.05) is 0 Å². The van der Waals surface area contributed by atoms with Crippen molar-refractivity contribution in [2.45, 2.75) is 24.8 Å². The van der Waals surface area contributed by atoms with Crippen LogP contribution in [0.3, 0.4) is 0 Å². The van der Waals surface area contributed by atoms with Crippen molar-refractivity contribution in [2.75, 3.05) is 4.72 Å². The maximum absolute atomic E-state index is 12.2. The molecule has 0 aliphatic heterocycles. The monoisotopic (exact) mass is 345 g/mol. The van der Waals surface area contributed by atoms with Gasteiger partial charge >= 0.3 is 5.97 Å². The molecule has 1 heterocycles. The fourth-order valence-corrected chi connectivity index (χ4v) is 2.91. The molecule has 0 saturated heterocycles. The lowest BCUT2D eigenvalue weighted by atomic mass is 10.1. The molecule has 0 fully saturated rings. The smallest absolute Gasteiger partial charge is 0.335 e. The average Bonchev–Trinajstić information content (AvgIpc) is 2.86. The first-order chi connectivity index (χ1) is 10.7. The second kappa shape index (κ2) is 6.32. The third-order valence-corrected chi connectivity index (χ3v) is 4.29. The number of rotatable bonds is 6. The molecule has 2 aromatic rings. The maximum atomic E-state index is 12.2. The van der Waals surface area contributed by atoms with Crippen LogP contribution in [0.4, 0.5) is 14.5 Å². The highest BCUT2D eigenvalue weighted by molar-refractivity contribution is 7.92. The number of aromatic nitrogens is 2. The van der Waals surface area contributed by atoms with Crippen LogP contribution in [0.2, 0.25) is 0 Å². The number of nitrogens with one attached hydrogen (secondary N) is 1. The molecule has 0 aliphatic carbocycles. The lowest BCUT2D eigenvalue weighted by Gasteiger charge is -2.08. The third kappa shape index (κ3) is 4.03. The number of benzene rings is 1. The topological polar surface area (TPSA) is 101 Å². The number of aryl methyl sites for hydroxylation is 1. The number of anilines is 1. The van der Waals surface area contributed by atoms with Gasteiger partial charge in [-0.2, -0.15) is 5.10 Å². The Balaban J connectivity index is 2.23. The van der Waals surface area contributed by atoms with Crippen molar-refractivity contribution in [1.82, 2.24) is 9.78 Å². The van der Waals surface area contributed by atoms with E-state index in [1.165, 1.54) is 25.1 Å². The number of nitrogens with zero attached hydrogens (tertiary/aromatic N) is 2. The SMILES string of the molecule is Cc1cc(NS(=O)(=O)c2cnn(CC(F)F)c2)ccc1C(=O)O. The summed E-state index contributed by atoms with van der Waals surface area (Å²) in [6.45, 7) is 0.823. The van der Waals surface area contributed by atoms with E-state index >= 15 is 0 Å². The van der Waals surface area contributed by atoms with Gasteiger partial charge in [0, 0.05) is 11.9 Å². The molecule has 7 nitrogen and oxygen atoms in total. The van der Waals surface area contributed by atoms with Gasteiger partial charge in [-0.25, -0.2) is 22.0 Å². The summed E-state index contributed by atoms with van der Waals surface area (Å²) < 4.78 is 51.9. The average molecular weight is 345 g/mol. The van der Waals surface area contributed by atoms with E-state index in [4.69, 9.17) is 5.11 Å². The predicted octanol–water partition coefficient (Wildman–Crippen LogP) is 1.96. The van der Waals surface area contributed by atoms with Gasteiger partial charge in [0.25, 0.3) is 16.4 Å². The Bertz CT molecular complexity index is 833. The van der Waals surface area contributed by atoms with Crippen LogP contribution in [0.5, 0.6) is 0 Å². The van der Waals surface area contributed by atoms with E-state index in [2.05, 4.69) is 9.82 Å². The first-order valence-electron chi connectivity index (χ1n) is 6.36. The van der Waals surface area contributed by atoms with E-state index in [0.29, 0.717) is 5.56 Å². The van der Waals surface area contributed by atoms with Crippen molar-refractivity contribution in [2.24, 2.45) is 0 Å². The van der Waals surface area contributed by atoms with E-state index < -0.39 is 29.0 Å². The molecule has 10 heteroatoms. The van der Waals surface area contributed by atoms with Gasteiger partial charge in [-0.15, -0.1) is 0 Å². The zero-order valence-corrected chi connectivity index (χ0v) is 12.7. The van der Waals surface area contributed by atoms with Gasteiger partial charge in [0.05, 0.1) is 11.8 Å². The van der Waals surface area contributed by atoms with E-state index in [9.17, 15) is 22.0 Å². The van der Waals surface area contributed by atoms with Gasteiger partial charge in [-0.05, 0) is 30.7 Å². The number of hydrogen-bond acceptors (Lipinski definition) is 4. The molecule has 124 valence electrons. The van der Waals surface area contributed by atoms with Crippen LogP contribution >= 0.6 is 0 Å². The second-order valence-corrected chi connectivity index (χ2v) is 6.41. The van der Waals surface area contributed by atoms with E-state index in [-0.39, 0.29) is 16.1 Å². The standard InChI is InChI=1S/C13H13F2N3O4S/c1-8-4-9(2-3-11(8)13(19)20)17-23(21,22)10-5-16-18(6-10)7-12(14)15/h2-6,12,17H,7H2,1H3,(H,19,20). The summed E-state index contributed by atoms with van der Waals surface area (Å²) in [5.41, 5.74) is 0.595. The van der Waals surface area contributed by atoms with Crippen molar-refractivity contribution in [3.05, 3.63) is 41.7 Å². The molecule has 2 N–H and O–H groups in total. The summed E-state index contributed by atoms with van der Waals surface area (Å²) in [4.78, 5) is 10.7. The minimum Gasteiger partial charge on any atom is -0.478 e. The van der Waals surface area contributed by atoms with Crippen molar-refractivity contribution in [1.29, 1.82) is 0 Å². The molecule has 0 radical (unpaired) electrons. The molecule has 0 bridgehead atoms. The number of hydrogen-bond donors (Lipinski definition) is 2. The molecule has 2 rings (SSSR count). The lowest BCUT2D eigenvalue weighted by Crippen LogP contribution is -2.13. The first-order valence-corrected chi connectivity index (χ1v) is 7.85. The Labute approximate surface area is 130 Å². The fraction of sp³-hybridized carbons (Fsp3) is 0.231. The first kappa shape index (κ1) is 16.9. The summed E-state index contributed by atoms with van der Waals surface area (Å²) in [5, 5.41) is 12.5. The van der Waals surface area contributed by atoms with Crippen LogP contribution < -0.4 is 4.72 Å². The quantitative estimate of drug-likeness (QED) is 0.833. The molecule has 0 unspecified atom stereocenters. The highest BCUT2D eigenvalue weighted by atomic mass is 32.2. The molecule has 23 heavy (non-hydrogen) atoms. The Hall–Kier alpha value is -2.49. The van der Waals surface area contributed by atoms with Gasteiger partial charge in [-0.1, -0.05) is 0 Å². The molecular weight excluding hydrogens is 332 g/mol. The van der Waals surface area contributed by atoms with E-state index in [0.717, 1.165) is 17.1 Å². The lowest BCUT2D eigenvalue weighted by molar-refractivity contribution is 0.0696. The van der Waals surface area contributed by atoms with Gasteiger partial charge in [0.2, 0.25) is 0 Å². The molecule has 0 aliphatic rings. The molecule has 1 aromatic carbocycles. The van der Waals surface area contributed by atoms with Crippen LogP contribution in [0.25, 0.3) is 0 Å². The number of halogens is 2. The number of carboxylic acid groups (broad SMARTS) is 1. The Morgan fingerprint density at radius 1 is 1.43 bits per heavy atom. The van der Waals surface area contributed by atoms with Gasteiger partial charge in [0.1, 0.15) is 11.4 Å². The van der Waals surface area contributed by atoms with Crippen LogP contribution in [0.1, 0.15) is 15.9 Å². The second-order valence-electron chi connectivity index (χ2n) is 4.73. The highest BCUT2D eigenvalue weighted by Gasteiger charge is 2.18. The van der Waals surface area contributed by atoms with Crippen molar-refractivity contribution in [3.63, 3.8) is 0 Å². The number of carboxylic acids is 1. The molecule has 1 aromatic heterocycles. The Kier molecular flexibility index (Phi) is 4.64. The third-order valence-electron chi connectivity index (χ3n) is 2.95. The predicted molar refractivity (Wildman–Crippen MR) is 77.2 cm³/mol. The number of aromatic carboxylic acids is 1. The molecule has 0 atom stereocenters. The molecular formula is C13H13F2N3O4S. The number of carbonyl (C=O) groups is 1. The summed E-state index contributed by atoms with van der Waals surface area (Å²) in [5.74, 6) is -1.12. The van der Waals surface area contributed by atoms with Crippen molar-refractivity contribution < 1.29 is 27.1 Å². The molecule has 0 spiro atoms. The van der Waals surface area contributed by atoms with Gasteiger partial charge < -0.3 is 5.11 Å². The van der Waals surface area contributed by atoms with Crippen LogP contribution in [-0.4, -0.2) is 35.7 Å². The van der Waals surface area contributed by atoms with Crippen LogP contribution in [-0.2, 0) is 16.6 Å². The normalized spacial score (nSPS) is 11.7. The molecule has 0 saturated carbocycles. The summed E-state index contributed by atoms with van der Waals surface area (Å²) >= 11 is 0. The van der Waals surface area contributed by atoms with Gasteiger partial charge in [0.15, 0.2) is 0 Å². The highest BCUT2D eigenvalue weighted by Crippen LogP contribution is 2.19. The Morgan fingerprint density at radius 3 is 2.70 bits per heavy atom. The fourth-order valence-electron chi connectivity index (χ4n) is 1.91. The van der Waals surface area contributed by atoms with Crippen LogP contribution in [0.15, 0.2) is 35.5 Å². The van der Waals surface area contributed by atoms with Crippen molar-refractivity contribution >= 4 is 21.7 Å². The summed E-state index contributed by atoms with van der Waals surface area (Å²) in [6, 6.07) is 3.94. The number of sulfonamides is 1. The number of alkyl halides is 2. The zero-order valence-electron chi connectivity index (χ0n) is 11.9. The zero-order chi connectivity index (χ0) is 17.2. The van der Waals surface area contributed by atoms with Gasteiger partial charge in [-0.3, -0.25) is 9.40 Å². The summed E-state index contributed by atoms with van der Waals surface area (Å²) in [6.07, 6.45) is -0.694. The largest absolute Gasteiger partial charge is 0.478 e. The van der Waals surface area contributed by atoms with Crippen LogP contribution in [0, 0.1) is 6.92 Å². The van der Waals surface area contributed by atoms with Crippen molar-refractivity contribution in [3.8, 4) is 0 Å². The summed E-state index contributed by atoms with van der Waals surface area (Å²) in [7, 11) is -4.00. The van der Waals surface area contributed by atoms with E-state index in [1.54, 1.807) is 0 Å².